The Bertz CT molecular complexity index is 586. The van der Waals surface area contributed by atoms with Crippen molar-refractivity contribution in [3.05, 3.63) is 24.0 Å². The first-order chi connectivity index (χ1) is 11.8. The number of aromatic nitrogens is 1. The number of carbonyl (C=O) groups excluding carboxylic acids is 1. The van der Waals surface area contributed by atoms with Gasteiger partial charge in [0.25, 0.3) is 5.91 Å². The first kappa shape index (κ1) is 15.9. The molecule has 0 bridgehead atoms. The molecule has 4 rings (SSSR count). The number of pyridine rings is 1. The minimum atomic E-state index is 0.106. The smallest absolute Gasteiger partial charge is 0.272 e. The number of piperidine rings is 1. The Kier molecular flexibility index (Phi) is 4.69. The minimum absolute atomic E-state index is 0.106. The Hall–Kier alpha value is -1.62. The predicted molar refractivity (Wildman–Crippen MR) is 93.2 cm³/mol. The van der Waals surface area contributed by atoms with Crippen LogP contribution in [-0.4, -0.2) is 55.2 Å². The molecule has 1 aliphatic carbocycles. The Morgan fingerprint density at radius 2 is 1.88 bits per heavy atom. The number of ether oxygens (including phenoxy) is 1. The zero-order valence-corrected chi connectivity index (χ0v) is 14.3. The number of rotatable bonds is 2. The van der Waals surface area contributed by atoms with Gasteiger partial charge in [-0.3, -0.25) is 9.78 Å². The molecule has 130 valence electrons. The molecule has 1 aromatic heterocycles. The van der Waals surface area contributed by atoms with Crippen LogP contribution in [0.25, 0.3) is 0 Å². The number of carbonyl (C=O) groups is 1. The number of hydrogen-bond acceptors (Lipinski definition) is 4. The largest absolute Gasteiger partial charge is 0.378 e. The summed E-state index contributed by atoms with van der Waals surface area (Å²) in [5.74, 6) is 1.66. The number of amides is 1. The van der Waals surface area contributed by atoms with Crippen molar-refractivity contribution in [2.24, 2.45) is 11.8 Å². The molecule has 0 N–H and O–H groups in total. The van der Waals surface area contributed by atoms with Gasteiger partial charge in [0.2, 0.25) is 0 Å². The number of likely N-dealkylation sites (tertiary alicyclic amines) is 1. The molecule has 0 unspecified atom stereocenters. The second-order valence-corrected chi connectivity index (χ2v) is 7.34. The van der Waals surface area contributed by atoms with Crippen LogP contribution in [0.4, 0.5) is 5.69 Å². The molecule has 2 aliphatic heterocycles. The quantitative estimate of drug-likeness (QED) is 0.836. The maximum absolute atomic E-state index is 12.9. The zero-order chi connectivity index (χ0) is 16.4. The second kappa shape index (κ2) is 7.09. The average Bonchev–Trinajstić information content (AvgIpc) is 2.68. The van der Waals surface area contributed by atoms with E-state index in [0.717, 1.165) is 51.0 Å². The number of fused-ring (bicyclic) bond motifs is 1. The van der Waals surface area contributed by atoms with Crippen molar-refractivity contribution in [1.82, 2.24) is 9.88 Å². The van der Waals surface area contributed by atoms with Crippen LogP contribution in [0.15, 0.2) is 18.3 Å². The molecule has 5 nitrogen and oxygen atoms in total. The molecule has 1 saturated carbocycles. The summed E-state index contributed by atoms with van der Waals surface area (Å²) in [6, 6.07) is 3.95. The molecule has 3 fully saturated rings. The summed E-state index contributed by atoms with van der Waals surface area (Å²) in [6.45, 7) is 5.08. The summed E-state index contributed by atoms with van der Waals surface area (Å²) in [5.41, 5.74) is 1.68. The molecule has 2 atom stereocenters. The van der Waals surface area contributed by atoms with E-state index in [4.69, 9.17) is 4.74 Å². The van der Waals surface area contributed by atoms with Crippen molar-refractivity contribution in [3.8, 4) is 0 Å². The lowest BCUT2D eigenvalue weighted by molar-refractivity contribution is 0.0515. The van der Waals surface area contributed by atoms with Crippen molar-refractivity contribution in [1.29, 1.82) is 0 Å². The highest BCUT2D eigenvalue weighted by Gasteiger charge is 2.33. The van der Waals surface area contributed by atoms with E-state index in [1.54, 1.807) is 6.20 Å². The van der Waals surface area contributed by atoms with Crippen molar-refractivity contribution < 1.29 is 9.53 Å². The van der Waals surface area contributed by atoms with Gasteiger partial charge in [0, 0.05) is 38.1 Å². The lowest BCUT2D eigenvalue weighted by Gasteiger charge is -2.41. The van der Waals surface area contributed by atoms with E-state index in [0.29, 0.717) is 11.6 Å². The van der Waals surface area contributed by atoms with Crippen LogP contribution in [0.5, 0.6) is 0 Å². The third-order valence-corrected chi connectivity index (χ3v) is 5.92. The molecular formula is C19H27N3O2. The van der Waals surface area contributed by atoms with E-state index < -0.39 is 0 Å². The monoisotopic (exact) mass is 329 g/mol. The molecule has 0 radical (unpaired) electrons. The number of anilines is 1. The van der Waals surface area contributed by atoms with Crippen LogP contribution in [0.1, 0.15) is 42.6 Å². The molecule has 0 spiro atoms. The minimum Gasteiger partial charge on any atom is -0.378 e. The average molecular weight is 329 g/mol. The second-order valence-electron chi connectivity index (χ2n) is 7.34. The maximum Gasteiger partial charge on any atom is 0.272 e. The van der Waals surface area contributed by atoms with Crippen LogP contribution >= 0.6 is 0 Å². The van der Waals surface area contributed by atoms with E-state index >= 15 is 0 Å². The fourth-order valence-corrected chi connectivity index (χ4v) is 4.50. The third-order valence-electron chi connectivity index (χ3n) is 5.92. The highest BCUT2D eigenvalue weighted by Crippen LogP contribution is 2.36. The Balaban J connectivity index is 1.46. The maximum atomic E-state index is 12.9. The van der Waals surface area contributed by atoms with Crippen LogP contribution in [-0.2, 0) is 4.74 Å². The lowest BCUT2D eigenvalue weighted by Crippen LogP contribution is -2.45. The van der Waals surface area contributed by atoms with E-state index in [1.807, 2.05) is 17.0 Å². The Morgan fingerprint density at radius 3 is 2.71 bits per heavy atom. The summed E-state index contributed by atoms with van der Waals surface area (Å²) in [6.07, 6.45) is 8.28. The molecule has 1 aromatic rings. The summed E-state index contributed by atoms with van der Waals surface area (Å²) < 4.78 is 5.41. The summed E-state index contributed by atoms with van der Waals surface area (Å²) >= 11 is 0. The zero-order valence-electron chi connectivity index (χ0n) is 14.3. The molecule has 2 saturated heterocycles. The normalized spacial score (nSPS) is 27.7. The van der Waals surface area contributed by atoms with Crippen molar-refractivity contribution in [2.75, 3.05) is 44.3 Å². The van der Waals surface area contributed by atoms with Gasteiger partial charge in [0.15, 0.2) is 0 Å². The van der Waals surface area contributed by atoms with Gasteiger partial charge in [-0.2, -0.15) is 0 Å². The highest BCUT2D eigenvalue weighted by molar-refractivity contribution is 5.93. The van der Waals surface area contributed by atoms with Gasteiger partial charge in [-0.15, -0.1) is 0 Å². The topological polar surface area (TPSA) is 45.7 Å². The van der Waals surface area contributed by atoms with Gasteiger partial charge in [-0.05, 0) is 36.8 Å². The van der Waals surface area contributed by atoms with Gasteiger partial charge in [-0.1, -0.05) is 19.3 Å². The van der Waals surface area contributed by atoms with Gasteiger partial charge in [0.1, 0.15) is 5.69 Å². The van der Waals surface area contributed by atoms with Gasteiger partial charge >= 0.3 is 0 Å². The molecule has 24 heavy (non-hydrogen) atoms. The third kappa shape index (κ3) is 3.27. The number of hydrogen-bond donors (Lipinski definition) is 0. The Morgan fingerprint density at radius 1 is 1.08 bits per heavy atom. The van der Waals surface area contributed by atoms with Crippen molar-refractivity contribution in [3.63, 3.8) is 0 Å². The first-order valence-electron chi connectivity index (χ1n) is 9.39. The highest BCUT2D eigenvalue weighted by atomic mass is 16.5. The van der Waals surface area contributed by atoms with Crippen LogP contribution in [0, 0.1) is 11.8 Å². The summed E-state index contributed by atoms with van der Waals surface area (Å²) in [7, 11) is 0. The SMILES string of the molecule is O=C(c1cc(N2CCOCC2)ccn1)N1CC[C@H]2CCCC[C@H]2C1. The van der Waals surface area contributed by atoms with Gasteiger partial charge < -0.3 is 14.5 Å². The van der Waals surface area contributed by atoms with E-state index in [-0.39, 0.29) is 5.91 Å². The molecule has 3 heterocycles. The Labute approximate surface area is 144 Å². The molecule has 1 amide bonds. The number of morpholine rings is 1. The van der Waals surface area contributed by atoms with E-state index in [2.05, 4.69) is 9.88 Å². The molecular weight excluding hydrogens is 302 g/mol. The van der Waals surface area contributed by atoms with Crippen LogP contribution < -0.4 is 4.90 Å². The van der Waals surface area contributed by atoms with E-state index in [9.17, 15) is 4.79 Å². The molecule has 5 heteroatoms. The molecule has 0 aromatic carbocycles. The first-order valence-corrected chi connectivity index (χ1v) is 9.39. The van der Waals surface area contributed by atoms with E-state index in [1.165, 1.54) is 32.1 Å². The van der Waals surface area contributed by atoms with Gasteiger partial charge in [0.05, 0.1) is 13.2 Å². The fourth-order valence-electron chi connectivity index (χ4n) is 4.50. The number of nitrogens with zero attached hydrogens (tertiary/aromatic N) is 3. The van der Waals surface area contributed by atoms with Crippen LogP contribution in [0.2, 0.25) is 0 Å². The summed E-state index contributed by atoms with van der Waals surface area (Å²) in [5, 5.41) is 0. The van der Waals surface area contributed by atoms with Gasteiger partial charge in [-0.25, -0.2) is 0 Å². The standard InChI is InChI=1S/C19H27N3O2/c23-19(22-8-6-15-3-1-2-4-16(15)14-22)18-13-17(5-7-20-18)21-9-11-24-12-10-21/h5,7,13,15-16H,1-4,6,8-12,14H2/t15-,16+/m1/s1. The lowest BCUT2D eigenvalue weighted by atomic mass is 9.75. The van der Waals surface area contributed by atoms with Crippen molar-refractivity contribution >= 4 is 11.6 Å². The summed E-state index contributed by atoms with van der Waals surface area (Å²) in [4.78, 5) is 21.6. The molecule has 3 aliphatic rings. The predicted octanol–water partition coefficient (Wildman–Crippen LogP) is 2.57. The van der Waals surface area contributed by atoms with Crippen molar-refractivity contribution in [2.45, 2.75) is 32.1 Å². The fraction of sp³-hybridized carbons (Fsp3) is 0.684. The van der Waals surface area contributed by atoms with Crippen LogP contribution in [0.3, 0.4) is 0 Å².